The lowest BCUT2D eigenvalue weighted by molar-refractivity contribution is 0.0498. The van der Waals surface area contributed by atoms with Crippen LogP contribution in [0.3, 0.4) is 0 Å². The third-order valence-electron chi connectivity index (χ3n) is 3.26. The monoisotopic (exact) mass is 196 g/mol. The highest BCUT2D eigenvalue weighted by molar-refractivity contribution is 4.92. The molecule has 1 fully saturated rings. The fraction of sp³-hybridized carbons (Fsp3) is 0.909. The van der Waals surface area contributed by atoms with Crippen molar-refractivity contribution in [2.24, 2.45) is 0 Å². The highest BCUT2D eigenvalue weighted by atomic mass is 16.3. The molecule has 3 heteroatoms. The normalized spacial score (nSPS) is 30.8. The number of hydrogen-bond acceptors (Lipinski definition) is 3. The van der Waals surface area contributed by atoms with Crippen molar-refractivity contribution in [3.05, 3.63) is 0 Å². The number of hydrogen-bond donors (Lipinski definition) is 1. The second-order valence-corrected chi connectivity index (χ2v) is 4.24. The van der Waals surface area contributed by atoms with Gasteiger partial charge in [0.15, 0.2) is 0 Å². The summed E-state index contributed by atoms with van der Waals surface area (Å²) in [4.78, 5) is 2.01. The maximum atomic E-state index is 9.91. The summed E-state index contributed by atoms with van der Waals surface area (Å²) in [5.74, 6) is 0. The predicted octanol–water partition coefficient (Wildman–Crippen LogP) is 1.52. The van der Waals surface area contributed by atoms with Gasteiger partial charge in [-0.2, -0.15) is 5.26 Å². The molecule has 0 aliphatic heterocycles. The van der Waals surface area contributed by atoms with Gasteiger partial charge in [0.2, 0.25) is 0 Å². The molecule has 0 aromatic rings. The van der Waals surface area contributed by atoms with Crippen LogP contribution in [0.15, 0.2) is 0 Å². The van der Waals surface area contributed by atoms with E-state index in [1.54, 1.807) is 0 Å². The maximum Gasteiger partial charge on any atom is 0.0950 e. The molecule has 0 bridgehead atoms. The standard InChI is InChI=1S/C11H20N2O/c1-9(8-12)13(2)10-6-4-3-5-7-11(10)14/h9-11,14H,3-7H2,1-2H3. The molecule has 1 aliphatic rings. The van der Waals surface area contributed by atoms with Crippen LogP contribution < -0.4 is 0 Å². The first-order valence-corrected chi connectivity index (χ1v) is 5.46. The molecule has 1 saturated carbocycles. The Bertz CT molecular complexity index is 212. The van der Waals surface area contributed by atoms with Crippen molar-refractivity contribution in [1.82, 2.24) is 4.90 Å². The molecule has 1 N–H and O–H groups in total. The number of rotatable bonds is 2. The van der Waals surface area contributed by atoms with Gasteiger partial charge in [-0.15, -0.1) is 0 Å². The van der Waals surface area contributed by atoms with E-state index in [0.717, 1.165) is 19.3 Å². The van der Waals surface area contributed by atoms with E-state index >= 15 is 0 Å². The summed E-state index contributed by atoms with van der Waals surface area (Å²) in [6.45, 7) is 1.89. The lowest BCUT2D eigenvalue weighted by atomic mass is 10.0. The number of aliphatic hydroxyl groups is 1. The van der Waals surface area contributed by atoms with E-state index in [1.165, 1.54) is 12.8 Å². The van der Waals surface area contributed by atoms with Crippen molar-refractivity contribution in [1.29, 1.82) is 5.26 Å². The van der Waals surface area contributed by atoms with Crippen molar-refractivity contribution in [3.8, 4) is 6.07 Å². The molecule has 3 atom stereocenters. The lowest BCUT2D eigenvalue weighted by Gasteiger charge is -2.32. The summed E-state index contributed by atoms with van der Waals surface area (Å²) in [6.07, 6.45) is 5.15. The van der Waals surface area contributed by atoms with E-state index in [0.29, 0.717) is 0 Å². The Balaban J connectivity index is 2.59. The topological polar surface area (TPSA) is 47.3 Å². The van der Waals surface area contributed by atoms with Gasteiger partial charge in [0, 0.05) is 6.04 Å². The SMILES string of the molecule is CC(C#N)N(C)C1CCCCCC1O. The van der Waals surface area contributed by atoms with Crippen LogP contribution in [-0.2, 0) is 0 Å². The maximum absolute atomic E-state index is 9.91. The van der Waals surface area contributed by atoms with E-state index in [-0.39, 0.29) is 18.2 Å². The molecule has 0 heterocycles. The van der Waals surface area contributed by atoms with Crippen LogP contribution in [0.5, 0.6) is 0 Å². The van der Waals surface area contributed by atoms with Crippen molar-refractivity contribution >= 4 is 0 Å². The molecular weight excluding hydrogens is 176 g/mol. The first kappa shape index (κ1) is 11.5. The molecule has 0 saturated heterocycles. The summed E-state index contributed by atoms with van der Waals surface area (Å²) in [7, 11) is 1.94. The zero-order chi connectivity index (χ0) is 10.6. The molecule has 1 rings (SSSR count). The van der Waals surface area contributed by atoms with Crippen LogP contribution >= 0.6 is 0 Å². The van der Waals surface area contributed by atoms with Gasteiger partial charge in [-0.25, -0.2) is 0 Å². The van der Waals surface area contributed by atoms with Crippen molar-refractivity contribution in [2.45, 2.75) is 57.2 Å². The van der Waals surface area contributed by atoms with E-state index < -0.39 is 0 Å². The Morgan fingerprint density at radius 3 is 2.64 bits per heavy atom. The molecule has 0 spiro atoms. The Morgan fingerprint density at radius 1 is 1.36 bits per heavy atom. The van der Waals surface area contributed by atoms with Crippen LogP contribution in [0.4, 0.5) is 0 Å². The molecule has 0 amide bonds. The average Bonchev–Trinajstić information content (AvgIpc) is 2.40. The van der Waals surface area contributed by atoms with Gasteiger partial charge >= 0.3 is 0 Å². The molecule has 0 aromatic heterocycles. The number of nitrogens with zero attached hydrogens (tertiary/aromatic N) is 2. The van der Waals surface area contributed by atoms with E-state index in [4.69, 9.17) is 5.26 Å². The van der Waals surface area contributed by atoms with Gasteiger partial charge in [-0.05, 0) is 26.8 Å². The average molecular weight is 196 g/mol. The summed E-state index contributed by atoms with van der Waals surface area (Å²) in [5.41, 5.74) is 0. The molecule has 1 aliphatic carbocycles. The van der Waals surface area contributed by atoms with E-state index in [9.17, 15) is 5.11 Å². The van der Waals surface area contributed by atoms with Crippen LogP contribution in [0.1, 0.15) is 39.0 Å². The van der Waals surface area contributed by atoms with Crippen LogP contribution in [0.25, 0.3) is 0 Å². The highest BCUT2D eigenvalue weighted by Gasteiger charge is 2.27. The first-order chi connectivity index (χ1) is 6.66. The molecule has 0 radical (unpaired) electrons. The summed E-state index contributed by atoms with van der Waals surface area (Å²) in [5, 5.41) is 18.7. The van der Waals surface area contributed by atoms with E-state index in [2.05, 4.69) is 6.07 Å². The van der Waals surface area contributed by atoms with Crippen molar-refractivity contribution < 1.29 is 5.11 Å². The highest BCUT2D eigenvalue weighted by Crippen LogP contribution is 2.22. The van der Waals surface area contributed by atoms with Gasteiger partial charge < -0.3 is 5.11 Å². The van der Waals surface area contributed by atoms with Gasteiger partial charge in [-0.3, -0.25) is 4.90 Å². The summed E-state index contributed by atoms with van der Waals surface area (Å²) < 4.78 is 0. The lowest BCUT2D eigenvalue weighted by Crippen LogP contribution is -2.44. The van der Waals surface area contributed by atoms with Crippen molar-refractivity contribution in [3.63, 3.8) is 0 Å². The van der Waals surface area contributed by atoms with E-state index in [1.807, 2.05) is 18.9 Å². The van der Waals surface area contributed by atoms with Gasteiger partial charge in [0.25, 0.3) is 0 Å². The molecule has 80 valence electrons. The molecular formula is C11H20N2O. The summed E-state index contributed by atoms with van der Waals surface area (Å²) >= 11 is 0. The minimum absolute atomic E-state index is 0.104. The minimum Gasteiger partial charge on any atom is -0.391 e. The first-order valence-electron chi connectivity index (χ1n) is 5.46. The zero-order valence-electron chi connectivity index (χ0n) is 9.11. The second kappa shape index (κ2) is 5.33. The molecule has 3 nitrogen and oxygen atoms in total. The van der Waals surface area contributed by atoms with Crippen LogP contribution in [0.2, 0.25) is 0 Å². The fourth-order valence-electron chi connectivity index (χ4n) is 2.12. The molecule has 14 heavy (non-hydrogen) atoms. The number of nitriles is 1. The smallest absolute Gasteiger partial charge is 0.0950 e. The second-order valence-electron chi connectivity index (χ2n) is 4.24. The third kappa shape index (κ3) is 2.70. The van der Waals surface area contributed by atoms with Crippen LogP contribution in [-0.4, -0.2) is 35.2 Å². The zero-order valence-corrected chi connectivity index (χ0v) is 9.11. The van der Waals surface area contributed by atoms with Crippen LogP contribution in [0, 0.1) is 11.3 Å². The Kier molecular flexibility index (Phi) is 4.37. The fourth-order valence-corrected chi connectivity index (χ4v) is 2.12. The molecule has 0 aromatic carbocycles. The van der Waals surface area contributed by atoms with Gasteiger partial charge in [0.05, 0.1) is 18.2 Å². The largest absolute Gasteiger partial charge is 0.391 e. The third-order valence-corrected chi connectivity index (χ3v) is 3.26. The van der Waals surface area contributed by atoms with Crippen molar-refractivity contribution in [2.75, 3.05) is 7.05 Å². The number of aliphatic hydroxyl groups excluding tert-OH is 1. The van der Waals surface area contributed by atoms with Gasteiger partial charge in [0.1, 0.15) is 0 Å². The number of likely N-dealkylation sites (N-methyl/N-ethyl adjacent to an activating group) is 1. The molecule has 3 unspecified atom stereocenters. The Labute approximate surface area is 86.3 Å². The minimum atomic E-state index is -0.252. The van der Waals surface area contributed by atoms with Gasteiger partial charge in [-0.1, -0.05) is 19.3 Å². The quantitative estimate of drug-likeness (QED) is 0.681. The Morgan fingerprint density at radius 2 is 2.00 bits per heavy atom. The summed E-state index contributed by atoms with van der Waals surface area (Å²) in [6, 6.07) is 2.29. The predicted molar refractivity (Wildman–Crippen MR) is 55.7 cm³/mol. The Hall–Kier alpha value is -0.590.